The standard InChI is InChI=1S/C12H14ClN3O/c1-14-7-12-15-6-11(16-12)9-4-3-8(17-2)5-10(9)13/h3-6,14H,7H2,1-2H3,(H,15,16). The fraction of sp³-hybridized carbons (Fsp3) is 0.250. The quantitative estimate of drug-likeness (QED) is 0.878. The Labute approximate surface area is 105 Å². The van der Waals surface area contributed by atoms with Crippen LogP contribution in [0.25, 0.3) is 11.3 Å². The van der Waals surface area contributed by atoms with Gasteiger partial charge >= 0.3 is 0 Å². The maximum absolute atomic E-state index is 6.19. The fourth-order valence-electron chi connectivity index (χ4n) is 1.60. The molecule has 0 spiro atoms. The molecular weight excluding hydrogens is 238 g/mol. The van der Waals surface area contributed by atoms with Crippen LogP contribution in [0, 0.1) is 0 Å². The first-order chi connectivity index (χ1) is 8.24. The summed E-state index contributed by atoms with van der Waals surface area (Å²) in [5.74, 6) is 1.63. The summed E-state index contributed by atoms with van der Waals surface area (Å²) in [7, 11) is 3.50. The van der Waals surface area contributed by atoms with Crippen LogP contribution in [0.15, 0.2) is 24.4 Å². The molecule has 2 N–H and O–H groups in total. The lowest BCUT2D eigenvalue weighted by atomic mass is 10.1. The van der Waals surface area contributed by atoms with E-state index >= 15 is 0 Å². The van der Waals surface area contributed by atoms with Crippen molar-refractivity contribution in [3.8, 4) is 17.0 Å². The third-order valence-electron chi connectivity index (χ3n) is 2.44. The number of benzene rings is 1. The van der Waals surface area contributed by atoms with Gasteiger partial charge in [0.05, 0.1) is 30.6 Å². The van der Waals surface area contributed by atoms with E-state index in [2.05, 4.69) is 15.3 Å². The second kappa shape index (κ2) is 5.21. The molecule has 1 aromatic carbocycles. The van der Waals surface area contributed by atoms with Crippen molar-refractivity contribution in [2.45, 2.75) is 6.54 Å². The summed E-state index contributed by atoms with van der Waals surface area (Å²) in [4.78, 5) is 7.47. The maximum Gasteiger partial charge on any atom is 0.120 e. The van der Waals surface area contributed by atoms with E-state index in [1.807, 2.05) is 19.2 Å². The van der Waals surface area contributed by atoms with Gasteiger partial charge < -0.3 is 15.0 Å². The Kier molecular flexibility index (Phi) is 3.66. The van der Waals surface area contributed by atoms with Crippen LogP contribution in [-0.2, 0) is 6.54 Å². The summed E-state index contributed by atoms with van der Waals surface area (Å²) in [6.45, 7) is 0.702. The summed E-state index contributed by atoms with van der Waals surface area (Å²) < 4.78 is 5.11. The first-order valence-electron chi connectivity index (χ1n) is 5.27. The number of hydrogen-bond acceptors (Lipinski definition) is 3. The van der Waals surface area contributed by atoms with Gasteiger partial charge in [-0.05, 0) is 25.2 Å². The Bertz CT molecular complexity index is 510. The minimum Gasteiger partial charge on any atom is -0.497 e. The van der Waals surface area contributed by atoms with Crippen LogP contribution >= 0.6 is 11.6 Å². The van der Waals surface area contributed by atoms with Crippen molar-refractivity contribution in [2.24, 2.45) is 0 Å². The minimum absolute atomic E-state index is 0.643. The summed E-state index contributed by atoms with van der Waals surface area (Å²) >= 11 is 6.19. The molecule has 0 bridgehead atoms. The summed E-state index contributed by atoms with van der Waals surface area (Å²) in [5, 5.41) is 3.68. The van der Waals surface area contributed by atoms with Gasteiger partial charge in [-0.25, -0.2) is 4.98 Å². The Morgan fingerprint density at radius 2 is 2.29 bits per heavy atom. The SMILES string of the molecule is CNCc1ncc(-c2ccc(OC)cc2Cl)[nH]1. The van der Waals surface area contributed by atoms with E-state index in [0.29, 0.717) is 11.6 Å². The second-order valence-electron chi connectivity index (χ2n) is 3.62. The molecule has 0 atom stereocenters. The molecule has 5 heteroatoms. The van der Waals surface area contributed by atoms with Gasteiger partial charge in [0, 0.05) is 5.56 Å². The number of aromatic amines is 1. The van der Waals surface area contributed by atoms with Gasteiger partial charge in [0.2, 0.25) is 0 Å². The van der Waals surface area contributed by atoms with E-state index in [1.165, 1.54) is 0 Å². The highest BCUT2D eigenvalue weighted by Crippen LogP contribution is 2.29. The van der Waals surface area contributed by atoms with Gasteiger partial charge in [-0.1, -0.05) is 11.6 Å². The van der Waals surface area contributed by atoms with Crippen molar-refractivity contribution >= 4 is 11.6 Å². The Balaban J connectivity index is 2.32. The molecule has 0 radical (unpaired) electrons. The van der Waals surface area contributed by atoms with E-state index in [4.69, 9.17) is 16.3 Å². The van der Waals surface area contributed by atoms with Crippen LogP contribution < -0.4 is 10.1 Å². The van der Waals surface area contributed by atoms with E-state index in [1.54, 1.807) is 19.4 Å². The van der Waals surface area contributed by atoms with Crippen LogP contribution in [0.3, 0.4) is 0 Å². The van der Waals surface area contributed by atoms with Crippen molar-refractivity contribution in [3.05, 3.63) is 35.2 Å². The first-order valence-corrected chi connectivity index (χ1v) is 5.64. The molecule has 4 nitrogen and oxygen atoms in total. The zero-order chi connectivity index (χ0) is 12.3. The van der Waals surface area contributed by atoms with E-state index in [0.717, 1.165) is 22.8 Å². The fourth-order valence-corrected chi connectivity index (χ4v) is 1.87. The zero-order valence-electron chi connectivity index (χ0n) is 9.75. The van der Waals surface area contributed by atoms with Crippen molar-refractivity contribution in [2.75, 3.05) is 14.2 Å². The monoisotopic (exact) mass is 251 g/mol. The number of halogens is 1. The molecule has 90 valence electrons. The highest BCUT2D eigenvalue weighted by atomic mass is 35.5. The molecular formula is C12H14ClN3O. The number of methoxy groups -OCH3 is 1. The highest BCUT2D eigenvalue weighted by Gasteiger charge is 2.07. The van der Waals surface area contributed by atoms with Crippen molar-refractivity contribution in [1.29, 1.82) is 0 Å². The number of rotatable bonds is 4. The summed E-state index contributed by atoms with van der Waals surface area (Å²) in [6, 6.07) is 5.58. The molecule has 17 heavy (non-hydrogen) atoms. The van der Waals surface area contributed by atoms with E-state index in [9.17, 15) is 0 Å². The summed E-state index contributed by atoms with van der Waals surface area (Å²) in [5.41, 5.74) is 1.82. The van der Waals surface area contributed by atoms with Crippen LogP contribution in [0.2, 0.25) is 5.02 Å². The van der Waals surface area contributed by atoms with E-state index < -0.39 is 0 Å². The number of aromatic nitrogens is 2. The third kappa shape index (κ3) is 2.60. The van der Waals surface area contributed by atoms with E-state index in [-0.39, 0.29) is 0 Å². The van der Waals surface area contributed by atoms with Gasteiger partial charge in [-0.15, -0.1) is 0 Å². The molecule has 0 saturated carbocycles. The molecule has 0 fully saturated rings. The smallest absolute Gasteiger partial charge is 0.120 e. The Morgan fingerprint density at radius 1 is 1.47 bits per heavy atom. The first kappa shape index (κ1) is 12.0. The molecule has 2 rings (SSSR count). The predicted molar refractivity (Wildman–Crippen MR) is 68.3 cm³/mol. The minimum atomic E-state index is 0.643. The zero-order valence-corrected chi connectivity index (χ0v) is 10.5. The van der Waals surface area contributed by atoms with Gasteiger partial charge in [0.15, 0.2) is 0 Å². The molecule has 0 amide bonds. The molecule has 0 aliphatic rings. The van der Waals surface area contributed by atoms with Crippen LogP contribution in [0.1, 0.15) is 5.82 Å². The number of nitrogens with one attached hydrogen (secondary N) is 2. The molecule has 2 aromatic rings. The second-order valence-corrected chi connectivity index (χ2v) is 4.03. The van der Waals surface area contributed by atoms with Gasteiger partial charge in [-0.3, -0.25) is 0 Å². The van der Waals surface area contributed by atoms with Gasteiger partial charge in [-0.2, -0.15) is 0 Å². The molecule has 1 aromatic heterocycles. The number of nitrogens with zero attached hydrogens (tertiary/aromatic N) is 1. The average molecular weight is 252 g/mol. The molecule has 0 saturated heterocycles. The lowest BCUT2D eigenvalue weighted by Crippen LogP contribution is -2.06. The lowest BCUT2D eigenvalue weighted by molar-refractivity contribution is 0.415. The largest absolute Gasteiger partial charge is 0.497 e. The Morgan fingerprint density at radius 3 is 2.94 bits per heavy atom. The van der Waals surface area contributed by atoms with Gasteiger partial charge in [0.1, 0.15) is 11.6 Å². The summed E-state index contributed by atoms with van der Waals surface area (Å²) in [6.07, 6.45) is 1.78. The molecule has 0 aliphatic heterocycles. The van der Waals surface area contributed by atoms with Crippen molar-refractivity contribution in [3.63, 3.8) is 0 Å². The maximum atomic E-state index is 6.19. The van der Waals surface area contributed by atoms with Crippen LogP contribution in [0.5, 0.6) is 5.75 Å². The average Bonchev–Trinajstić information content (AvgIpc) is 2.78. The number of hydrogen-bond donors (Lipinski definition) is 2. The normalized spacial score (nSPS) is 10.5. The number of imidazole rings is 1. The molecule has 0 aliphatic carbocycles. The van der Waals surface area contributed by atoms with Gasteiger partial charge in [0.25, 0.3) is 0 Å². The Hall–Kier alpha value is -1.52. The predicted octanol–water partition coefficient (Wildman–Crippen LogP) is 2.46. The molecule has 0 unspecified atom stereocenters. The van der Waals surface area contributed by atoms with Crippen molar-refractivity contribution in [1.82, 2.24) is 15.3 Å². The highest BCUT2D eigenvalue weighted by molar-refractivity contribution is 6.33. The topological polar surface area (TPSA) is 49.9 Å². The number of ether oxygens (including phenoxy) is 1. The lowest BCUT2D eigenvalue weighted by Gasteiger charge is -2.04. The molecule has 1 heterocycles. The van der Waals surface area contributed by atoms with Crippen LogP contribution in [0.4, 0.5) is 0 Å². The number of H-pyrrole nitrogens is 1. The third-order valence-corrected chi connectivity index (χ3v) is 2.75. The van der Waals surface area contributed by atoms with Crippen molar-refractivity contribution < 1.29 is 4.74 Å². The van der Waals surface area contributed by atoms with Crippen LogP contribution in [-0.4, -0.2) is 24.1 Å².